The van der Waals surface area contributed by atoms with Gasteiger partial charge in [0, 0.05) is 12.3 Å². The molecule has 55 valence electrons. The van der Waals surface area contributed by atoms with E-state index in [1.54, 1.807) is 0 Å². The molecule has 0 unspecified atom stereocenters. The predicted molar refractivity (Wildman–Crippen MR) is 44.3 cm³/mol. The van der Waals surface area contributed by atoms with Gasteiger partial charge in [0.05, 0.1) is 0 Å². The maximum Gasteiger partial charge on any atom is 0.0203 e. The summed E-state index contributed by atoms with van der Waals surface area (Å²) in [5.41, 5.74) is 0. The van der Waals surface area contributed by atoms with Gasteiger partial charge in [-0.05, 0) is 32.1 Å². The number of rotatable bonds is 0. The molecule has 1 radical (unpaired) electrons. The molecule has 0 aromatic heterocycles. The van der Waals surface area contributed by atoms with Crippen molar-refractivity contribution < 1.29 is 0 Å². The average molecular weight is 135 g/mol. The first-order valence-corrected chi connectivity index (χ1v) is 4.23. The summed E-state index contributed by atoms with van der Waals surface area (Å²) in [4.78, 5) is 0. The Labute approximate surface area is 64.0 Å². The third kappa shape index (κ3) is 2.43. The van der Waals surface area contributed by atoms with Gasteiger partial charge in [0.25, 0.3) is 0 Å². The first-order chi connectivity index (χ1) is 4.93. The Morgan fingerprint density at radius 1 is 1.40 bits per heavy atom. The third-order valence-electron chi connectivity index (χ3n) is 1.92. The summed E-state index contributed by atoms with van der Waals surface area (Å²) in [7, 11) is 0. The van der Waals surface area contributed by atoms with Crippen molar-refractivity contribution in [3.05, 3.63) is 6.42 Å². The van der Waals surface area contributed by atoms with Crippen LogP contribution in [0.3, 0.4) is 0 Å². The predicted octanol–water partition coefficient (Wildman–Crippen LogP) is 2.79. The average Bonchev–Trinajstić information content (AvgIpc) is 2.03. The van der Waals surface area contributed by atoms with Crippen molar-refractivity contribution in [1.82, 2.24) is 0 Å². The van der Waals surface area contributed by atoms with Crippen molar-refractivity contribution in [2.45, 2.75) is 39.0 Å². The Morgan fingerprint density at radius 3 is 2.70 bits per heavy atom. The minimum Gasteiger partial charge on any atom is -0.103 e. The van der Waals surface area contributed by atoms with Crippen LogP contribution in [0.25, 0.3) is 0 Å². The van der Waals surface area contributed by atoms with Gasteiger partial charge >= 0.3 is 0 Å². The molecular formula is C10H15. The van der Waals surface area contributed by atoms with Crippen molar-refractivity contribution in [3.8, 4) is 11.8 Å². The van der Waals surface area contributed by atoms with Gasteiger partial charge in [-0.3, -0.25) is 0 Å². The van der Waals surface area contributed by atoms with E-state index in [1.165, 1.54) is 25.7 Å². The van der Waals surface area contributed by atoms with Crippen molar-refractivity contribution in [3.63, 3.8) is 0 Å². The molecule has 0 heteroatoms. The largest absolute Gasteiger partial charge is 0.103 e. The number of hydrogen-bond donors (Lipinski definition) is 0. The molecule has 0 aromatic rings. The van der Waals surface area contributed by atoms with E-state index in [9.17, 15) is 0 Å². The van der Waals surface area contributed by atoms with Gasteiger partial charge in [0.2, 0.25) is 0 Å². The normalized spacial score (nSPS) is 19.7. The molecule has 0 aromatic carbocycles. The van der Waals surface area contributed by atoms with Crippen LogP contribution in [0.2, 0.25) is 0 Å². The zero-order chi connectivity index (χ0) is 7.23. The summed E-state index contributed by atoms with van der Waals surface area (Å²) in [6.45, 7) is 2.11. The van der Waals surface area contributed by atoms with Crippen LogP contribution < -0.4 is 0 Å². The lowest BCUT2D eigenvalue weighted by Gasteiger charge is -2.15. The van der Waals surface area contributed by atoms with Gasteiger partial charge in [-0.25, -0.2) is 0 Å². The maximum atomic E-state index is 3.30. The molecule has 0 amide bonds. The Hall–Kier alpha value is -0.440. The molecule has 0 nitrogen and oxygen atoms in total. The van der Waals surface area contributed by atoms with Crippen LogP contribution in [0.5, 0.6) is 0 Å². The van der Waals surface area contributed by atoms with E-state index < -0.39 is 0 Å². The van der Waals surface area contributed by atoms with E-state index in [2.05, 4.69) is 25.2 Å². The van der Waals surface area contributed by atoms with Crippen molar-refractivity contribution in [2.24, 2.45) is 5.92 Å². The SMILES string of the molecule is CCC#CC1CC[CH]CC1. The molecule has 10 heavy (non-hydrogen) atoms. The topological polar surface area (TPSA) is 0 Å². The quantitative estimate of drug-likeness (QED) is 0.448. The van der Waals surface area contributed by atoms with Crippen LogP contribution >= 0.6 is 0 Å². The molecule has 1 aliphatic rings. The molecule has 0 aliphatic heterocycles. The Balaban J connectivity index is 2.25. The zero-order valence-electron chi connectivity index (χ0n) is 6.69. The van der Waals surface area contributed by atoms with E-state index in [4.69, 9.17) is 0 Å². The highest BCUT2D eigenvalue weighted by Gasteiger charge is 2.09. The molecule has 0 atom stereocenters. The molecule has 0 bridgehead atoms. The Bertz CT molecular complexity index is 130. The van der Waals surface area contributed by atoms with Crippen molar-refractivity contribution in [1.29, 1.82) is 0 Å². The lowest BCUT2D eigenvalue weighted by atomic mass is 9.90. The molecule has 0 N–H and O–H groups in total. The fraction of sp³-hybridized carbons (Fsp3) is 0.700. The van der Waals surface area contributed by atoms with Crippen LogP contribution in [0.4, 0.5) is 0 Å². The minimum atomic E-state index is 0.713. The molecule has 1 saturated carbocycles. The highest BCUT2D eigenvalue weighted by Crippen LogP contribution is 2.21. The highest BCUT2D eigenvalue weighted by atomic mass is 14.1. The maximum absolute atomic E-state index is 3.30. The summed E-state index contributed by atoms with van der Waals surface area (Å²) >= 11 is 0. The molecule has 1 aliphatic carbocycles. The zero-order valence-corrected chi connectivity index (χ0v) is 6.69. The molecule has 0 heterocycles. The third-order valence-corrected chi connectivity index (χ3v) is 1.92. The van der Waals surface area contributed by atoms with Crippen LogP contribution in [-0.4, -0.2) is 0 Å². The Kier molecular flexibility index (Phi) is 3.36. The van der Waals surface area contributed by atoms with E-state index in [-0.39, 0.29) is 0 Å². The van der Waals surface area contributed by atoms with Crippen LogP contribution in [0, 0.1) is 24.2 Å². The molecule has 1 rings (SSSR count). The summed E-state index contributed by atoms with van der Waals surface area (Å²) in [6, 6.07) is 0. The van der Waals surface area contributed by atoms with E-state index >= 15 is 0 Å². The molecule has 0 spiro atoms. The van der Waals surface area contributed by atoms with Gasteiger partial charge in [-0.2, -0.15) is 0 Å². The lowest BCUT2D eigenvalue weighted by molar-refractivity contribution is 0.497. The summed E-state index contributed by atoms with van der Waals surface area (Å²) in [5.74, 6) is 7.17. The first kappa shape index (κ1) is 7.66. The monoisotopic (exact) mass is 135 g/mol. The smallest absolute Gasteiger partial charge is 0.0203 e. The second-order valence-corrected chi connectivity index (χ2v) is 2.81. The second-order valence-electron chi connectivity index (χ2n) is 2.81. The van der Waals surface area contributed by atoms with Gasteiger partial charge in [-0.15, -0.1) is 5.92 Å². The number of hydrogen-bond acceptors (Lipinski definition) is 0. The minimum absolute atomic E-state index is 0.713. The van der Waals surface area contributed by atoms with Crippen LogP contribution in [0.15, 0.2) is 0 Å². The van der Waals surface area contributed by atoms with E-state index in [0.29, 0.717) is 5.92 Å². The molecule has 1 fully saturated rings. The van der Waals surface area contributed by atoms with Gasteiger partial charge in [0.1, 0.15) is 0 Å². The van der Waals surface area contributed by atoms with Crippen molar-refractivity contribution in [2.75, 3.05) is 0 Å². The van der Waals surface area contributed by atoms with Crippen LogP contribution in [-0.2, 0) is 0 Å². The molecule has 0 saturated heterocycles. The standard InChI is InChI=1S/C10H15/c1-2-3-7-10-8-5-4-6-9-10/h4,10H,2,5-6,8-9H2,1H3. The van der Waals surface area contributed by atoms with Crippen molar-refractivity contribution >= 4 is 0 Å². The fourth-order valence-electron chi connectivity index (χ4n) is 1.32. The van der Waals surface area contributed by atoms with Gasteiger partial charge < -0.3 is 0 Å². The van der Waals surface area contributed by atoms with E-state index in [0.717, 1.165) is 6.42 Å². The lowest BCUT2D eigenvalue weighted by Crippen LogP contribution is -2.03. The second kappa shape index (κ2) is 4.39. The first-order valence-electron chi connectivity index (χ1n) is 4.23. The fourth-order valence-corrected chi connectivity index (χ4v) is 1.32. The van der Waals surface area contributed by atoms with Crippen LogP contribution in [0.1, 0.15) is 39.0 Å². The van der Waals surface area contributed by atoms with Gasteiger partial charge in [0.15, 0.2) is 0 Å². The summed E-state index contributed by atoms with van der Waals surface area (Å²) in [6.07, 6.45) is 8.55. The molecular weight excluding hydrogens is 120 g/mol. The summed E-state index contributed by atoms with van der Waals surface area (Å²) in [5, 5.41) is 0. The highest BCUT2D eigenvalue weighted by molar-refractivity contribution is 5.04. The Morgan fingerprint density at radius 2 is 2.10 bits per heavy atom. The summed E-state index contributed by atoms with van der Waals surface area (Å²) < 4.78 is 0. The van der Waals surface area contributed by atoms with E-state index in [1.807, 2.05) is 0 Å². The van der Waals surface area contributed by atoms with Gasteiger partial charge in [-0.1, -0.05) is 12.8 Å².